The van der Waals surface area contributed by atoms with Crippen molar-refractivity contribution in [2.45, 2.75) is 51.1 Å². The third-order valence-corrected chi connectivity index (χ3v) is 7.12. The highest BCUT2D eigenvalue weighted by Gasteiger charge is 2.34. The van der Waals surface area contributed by atoms with Crippen LogP contribution in [0.4, 0.5) is 5.69 Å². The van der Waals surface area contributed by atoms with Gasteiger partial charge in [-0.25, -0.2) is 0 Å². The summed E-state index contributed by atoms with van der Waals surface area (Å²) in [7, 11) is 0. The second kappa shape index (κ2) is 11.8. The van der Waals surface area contributed by atoms with E-state index in [9.17, 15) is 14.4 Å². The van der Waals surface area contributed by atoms with E-state index in [4.69, 9.17) is 0 Å². The first-order valence-electron chi connectivity index (χ1n) is 12.0. The maximum atomic E-state index is 13.7. The van der Waals surface area contributed by atoms with Gasteiger partial charge in [0.05, 0.1) is 23.3 Å². The molecule has 2 heterocycles. The average Bonchev–Trinajstić information content (AvgIpc) is 3.61. The Bertz CT molecular complexity index is 1130. The molecule has 1 unspecified atom stereocenters. The van der Waals surface area contributed by atoms with Gasteiger partial charge < -0.3 is 10.6 Å². The highest BCUT2D eigenvalue weighted by molar-refractivity contribution is 7.12. The molecule has 182 valence electrons. The van der Waals surface area contributed by atoms with Crippen LogP contribution in [0.15, 0.2) is 66.3 Å². The van der Waals surface area contributed by atoms with Gasteiger partial charge in [0.2, 0.25) is 11.8 Å². The molecule has 1 aliphatic carbocycles. The van der Waals surface area contributed by atoms with Crippen LogP contribution < -0.4 is 15.5 Å². The van der Waals surface area contributed by atoms with Crippen molar-refractivity contribution in [2.24, 2.45) is 0 Å². The Morgan fingerprint density at radius 1 is 1.09 bits per heavy atom. The van der Waals surface area contributed by atoms with Gasteiger partial charge in [0.1, 0.15) is 6.04 Å². The molecule has 1 aliphatic rings. The monoisotopic (exact) mass is 490 g/mol. The van der Waals surface area contributed by atoms with E-state index in [2.05, 4.69) is 22.5 Å². The smallest absolute Gasteiger partial charge is 0.261 e. The average molecular weight is 491 g/mol. The lowest BCUT2D eigenvalue weighted by Crippen LogP contribution is -2.49. The van der Waals surface area contributed by atoms with Crippen LogP contribution in [0.25, 0.3) is 0 Å². The molecule has 1 fully saturated rings. The lowest BCUT2D eigenvalue weighted by Gasteiger charge is -2.32. The van der Waals surface area contributed by atoms with E-state index in [-0.39, 0.29) is 24.4 Å². The number of nitrogens with one attached hydrogen (secondary N) is 2. The summed E-state index contributed by atoms with van der Waals surface area (Å²) >= 11 is 1.31. The minimum atomic E-state index is -0.892. The lowest BCUT2D eigenvalue weighted by atomic mass is 10.00. The first kappa shape index (κ1) is 24.6. The zero-order chi connectivity index (χ0) is 24.6. The number of amides is 3. The molecule has 35 heavy (non-hydrogen) atoms. The number of nitrogens with zero attached hydrogens (tertiary/aromatic N) is 2. The largest absolute Gasteiger partial charge is 0.351 e. The molecule has 4 rings (SSSR count). The minimum Gasteiger partial charge on any atom is -0.351 e. The first-order valence-corrected chi connectivity index (χ1v) is 12.9. The number of aromatic nitrogens is 1. The van der Waals surface area contributed by atoms with Crippen LogP contribution >= 0.6 is 11.3 Å². The molecule has 0 spiro atoms. The van der Waals surface area contributed by atoms with E-state index in [1.165, 1.54) is 16.2 Å². The molecule has 3 amide bonds. The second-order valence-electron chi connectivity index (χ2n) is 8.62. The Kier molecular flexibility index (Phi) is 8.26. The van der Waals surface area contributed by atoms with E-state index in [0.29, 0.717) is 16.1 Å². The molecule has 1 atom stereocenters. The predicted molar refractivity (Wildman–Crippen MR) is 137 cm³/mol. The van der Waals surface area contributed by atoms with E-state index < -0.39 is 11.9 Å². The quantitative estimate of drug-likeness (QED) is 0.469. The number of anilines is 1. The Morgan fingerprint density at radius 2 is 1.86 bits per heavy atom. The maximum absolute atomic E-state index is 13.7. The maximum Gasteiger partial charge on any atom is 0.261 e. The topological polar surface area (TPSA) is 91.4 Å². The van der Waals surface area contributed by atoms with Crippen molar-refractivity contribution in [3.8, 4) is 0 Å². The van der Waals surface area contributed by atoms with Crippen LogP contribution in [0.3, 0.4) is 0 Å². The van der Waals surface area contributed by atoms with Gasteiger partial charge in [-0.05, 0) is 54.0 Å². The van der Waals surface area contributed by atoms with Crippen molar-refractivity contribution in [1.29, 1.82) is 0 Å². The van der Waals surface area contributed by atoms with E-state index in [0.717, 1.165) is 37.7 Å². The van der Waals surface area contributed by atoms with Crippen LogP contribution in [-0.2, 0) is 16.0 Å². The Morgan fingerprint density at radius 3 is 2.49 bits per heavy atom. The van der Waals surface area contributed by atoms with Crippen molar-refractivity contribution < 1.29 is 14.4 Å². The number of hydrogen-bond donors (Lipinski definition) is 2. The third kappa shape index (κ3) is 6.14. The van der Waals surface area contributed by atoms with E-state index >= 15 is 0 Å². The molecule has 3 aromatic rings. The van der Waals surface area contributed by atoms with Crippen LogP contribution in [0, 0.1) is 0 Å². The number of carbonyl (C=O) groups excluding carboxylic acids is 3. The van der Waals surface area contributed by atoms with Crippen LogP contribution in [0.5, 0.6) is 0 Å². The normalized spacial score (nSPS) is 14.3. The van der Waals surface area contributed by atoms with Crippen molar-refractivity contribution >= 4 is 34.7 Å². The SMILES string of the molecule is CCc1ccc(C(C(=O)NC2CCCC2)N(C(=O)CNC(=O)c2cccs2)c2cccnc2)cc1. The molecule has 1 aromatic carbocycles. The molecular formula is C27H30N4O3S. The Hall–Kier alpha value is -3.52. The van der Waals surface area contributed by atoms with Crippen LogP contribution in [-0.4, -0.2) is 35.3 Å². The molecule has 8 heteroatoms. The number of thiophene rings is 1. The highest BCUT2D eigenvalue weighted by atomic mass is 32.1. The van der Waals surface area contributed by atoms with Crippen molar-refractivity contribution in [2.75, 3.05) is 11.4 Å². The van der Waals surface area contributed by atoms with Gasteiger partial charge in [-0.3, -0.25) is 24.3 Å². The first-order chi connectivity index (χ1) is 17.1. The molecule has 0 bridgehead atoms. The van der Waals surface area contributed by atoms with Gasteiger partial charge >= 0.3 is 0 Å². The summed E-state index contributed by atoms with van der Waals surface area (Å²) in [6.07, 6.45) is 8.10. The number of carbonyl (C=O) groups is 3. The number of hydrogen-bond acceptors (Lipinski definition) is 5. The van der Waals surface area contributed by atoms with Crippen LogP contribution in [0.1, 0.15) is 59.4 Å². The van der Waals surface area contributed by atoms with Crippen molar-refractivity contribution in [3.63, 3.8) is 0 Å². The predicted octanol–water partition coefficient (Wildman–Crippen LogP) is 4.27. The zero-order valence-electron chi connectivity index (χ0n) is 19.8. The summed E-state index contributed by atoms with van der Waals surface area (Å²) in [5.41, 5.74) is 2.35. The van der Waals surface area contributed by atoms with Gasteiger partial charge in [0.25, 0.3) is 5.91 Å². The molecule has 0 radical (unpaired) electrons. The standard InChI is InChI=1S/C27H30N4O3S/c1-2-19-11-13-20(14-12-19)25(27(34)30-21-7-3-4-8-21)31(22-9-5-15-28-17-22)24(32)18-29-26(33)23-10-6-16-35-23/h5-6,9-17,21,25H,2-4,7-8,18H2,1H3,(H,29,33)(H,30,34). The zero-order valence-corrected chi connectivity index (χ0v) is 20.6. The van der Waals surface area contributed by atoms with Gasteiger partial charge in [0, 0.05) is 12.2 Å². The summed E-state index contributed by atoms with van der Waals surface area (Å²) in [4.78, 5) is 45.9. The number of aryl methyl sites for hydroxylation is 1. The van der Waals surface area contributed by atoms with Crippen molar-refractivity contribution in [3.05, 3.63) is 82.3 Å². The molecule has 0 aliphatic heterocycles. The van der Waals surface area contributed by atoms with Gasteiger partial charge in [0.15, 0.2) is 0 Å². The van der Waals surface area contributed by atoms with Gasteiger partial charge in [-0.1, -0.05) is 50.1 Å². The van der Waals surface area contributed by atoms with E-state index in [1.807, 2.05) is 29.6 Å². The molecule has 1 saturated carbocycles. The fourth-order valence-corrected chi connectivity index (χ4v) is 5.01. The number of rotatable bonds is 9. The minimum absolute atomic E-state index is 0.101. The number of pyridine rings is 1. The summed E-state index contributed by atoms with van der Waals surface area (Å²) in [6, 6.07) is 13.9. The summed E-state index contributed by atoms with van der Waals surface area (Å²) in [6.45, 7) is 1.83. The lowest BCUT2D eigenvalue weighted by molar-refractivity contribution is -0.126. The second-order valence-corrected chi connectivity index (χ2v) is 9.57. The van der Waals surface area contributed by atoms with Crippen LogP contribution in [0.2, 0.25) is 0 Å². The third-order valence-electron chi connectivity index (χ3n) is 6.25. The Balaban J connectivity index is 1.66. The fraction of sp³-hybridized carbons (Fsp3) is 0.333. The van der Waals surface area contributed by atoms with Gasteiger partial charge in [-0.2, -0.15) is 0 Å². The summed E-state index contributed by atoms with van der Waals surface area (Å²) < 4.78 is 0. The number of benzene rings is 1. The fourth-order valence-electron chi connectivity index (χ4n) is 4.37. The molecular weight excluding hydrogens is 460 g/mol. The van der Waals surface area contributed by atoms with Gasteiger partial charge in [-0.15, -0.1) is 11.3 Å². The van der Waals surface area contributed by atoms with E-state index in [1.54, 1.807) is 36.7 Å². The molecule has 2 aromatic heterocycles. The highest BCUT2D eigenvalue weighted by Crippen LogP contribution is 2.29. The van der Waals surface area contributed by atoms with Crippen molar-refractivity contribution in [1.82, 2.24) is 15.6 Å². The summed E-state index contributed by atoms with van der Waals surface area (Å²) in [5, 5.41) is 7.67. The molecule has 0 saturated heterocycles. The molecule has 7 nitrogen and oxygen atoms in total. The molecule has 2 N–H and O–H groups in total. The Labute approximate surface area is 209 Å². The summed E-state index contributed by atoms with van der Waals surface area (Å²) in [5.74, 6) is -0.948.